The van der Waals surface area contributed by atoms with Crippen molar-refractivity contribution in [1.29, 1.82) is 0 Å². The zero-order valence-electron chi connectivity index (χ0n) is 13.4. The number of hydrogen-bond donors (Lipinski definition) is 2. The van der Waals surface area contributed by atoms with Gasteiger partial charge in [0.1, 0.15) is 5.75 Å². The molecule has 1 aromatic rings. The fraction of sp³-hybridized carbons (Fsp3) is 0.533. The molecule has 0 spiro atoms. The van der Waals surface area contributed by atoms with Crippen LogP contribution in [0.2, 0.25) is 0 Å². The van der Waals surface area contributed by atoms with E-state index < -0.39 is 10.2 Å². The average molecular weight is 341 g/mol. The normalized spacial score (nSPS) is 18.4. The molecule has 8 heteroatoms. The van der Waals surface area contributed by atoms with E-state index in [-0.39, 0.29) is 31.0 Å². The Morgan fingerprint density at radius 3 is 2.52 bits per heavy atom. The van der Waals surface area contributed by atoms with Gasteiger partial charge >= 0.3 is 0 Å². The molecule has 7 nitrogen and oxygen atoms in total. The van der Waals surface area contributed by atoms with E-state index in [1.165, 1.54) is 4.31 Å². The lowest BCUT2D eigenvalue weighted by Crippen LogP contribution is -2.45. The summed E-state index contributed by atoms with van der Waals surface area (Å²) in [6, 6.07) is 7.34. The molecule has 1 fully saturated rings. The number of benzene rings is 1. The Hall–Kier alpha value is -1.64. The van der Waals surface area contributed by atoms with Crippen LogP contribution in [0.5, 0.6) is 5.75 Å². The van der Waals surface area contributed by atoms with E-state index in [2.05, 4.69) is 5.32 Å². The van der Waals surface area contributed by atoms with Crippen LogP contribution >= 0.6 is 0 Å². The number of nitrogens with two attached hydrogens (primary N) is 1. The van der Waals surface area contributed by atoms with Gasteiger partial charge in [0.2, 0.25) is 5.91 Å². The summed E-state index contributed by atoms with van der Waals surface area (Å²) in [5, 5.41) is 8.08. The lowest BCUT2D eigenvalue weighted by molar-refractivity contribution is -0.126. The monoisotopic (exact) mass is 341 g/mol. The average Bonchev–Trinajstić information content (AvgIpc) is 2.54. The number of amides is 1. The van der Waals surface area contributed by atoms with Crippen molar-refractivity contribution in [2.24, 2.45) is 11.1 Å². The third-order valence-electron chi connectivity index (χ3n) is 4.15. The maximum Gasteiger partial charge on any atom is 0.276 e. The first-order valence-corrected chi connectivity index (χ1v) is 9.04. The van der Waals surface area contributed by atoms with Crippen molar-refractivity contribution in [3.05, 3.63) is 29.8 Å². The standard InChI is InChI=1S/C15H23N3O4S/c1-11(13-5-3-4-6-14(13)22-2)17-15(19)12-7-9-18(10-8-12)23(16,20)21/h3-6,11-12H,7-10H2,1-2H3,(H,17,19)(H2,16,20,21). The van der Waals surface area contributed by atoms with Crippen LogP contribution in [0.25, 0.3) is 0 Å². The van der Waals surface area contributed by atoms with E-state index in [4.69, 9.17) is 9.88 Å². The highest BCUT2D eigenvalue weighted by Crippen LogP contribution is 2.25. The minimum atomic E-state index is -3.66. The highest BCUT2D eigenvalue weighted by Gasteiger charge is 2.30. The Kier molecular flexibility index (Phi) is 5.61. The Bertz CT molecular complexity index is 654. The number of para-hydroxylation sites is 1. The van der Waals surface area contributed by atoms with Crippen LogP contribution in [0, 0.1) is 5.92 Å². The molecule has 1 aromatic carbocycles. The largest absolute Gasteiger partial charge is 0.496 e. The Labute approximate surface area is 137 Å². The van der Waals surface area contributed by atoms with Crippen molar-refractivity contribution < 1.29 is 17.9 Å². The molecule has 0 saturated carbocycles. The van der Waals surface area contributed by atoms with E-state index in [9.17, 15) is 13.2 Å². The van der Waals surface area contributed by atoms with Crippen LogP contribution in [-0.4, -0.2) is 38.8 Å². The number of methoxy groups -OCH3 is 1. The van der Waals surface area contributed by atoms with Gasteiger partial charge in [-0.2, -0.15) is 12.7 Å². The number of nitrogens with zero attached hydrogens (tertiary/aromatic N) is 1. The lowest BCUT2D eigenvalue weighted by atomic mass is 9.96. The first-order valence-electron chi connectivity index (χ1n) is 7.54. The highest BCUT2D eigenvalue weighted by atomic mass is 32.2. The van der Waals surface area contributed by atoms with Gasteiger partial charge in [0.15, 0.2) is 0 Å². The van der Waals surface area contributed by atoms with Gasteiger partial charge in [0.05, 0.1) is 13.2 Å². The van der Waals surface area contributed by atoms with E-state index in [1.807, 2.05) is 31.2 Å². The lowest BCUT2D eigenvalue weighted by Gasteiger charge is -2.30. The molecular formula is C15H23N3O4S. The molecule has 1 unspecified atom stereocenters. The van der Waals surface area contributed by atoms with Crippen LogP contribution < -0.4 is 15.2 Å². The quantitative estimate of drug-likeness (QED) is 0.826. The third-order valence-corrected chi connectivity index (χ3v) is 5.23. The SMILES string of the molecule is COc1ccccc1C(C)NC(=O)C1CCN(S(N)(=O)=O)CC1. The number of hydrogen-bond acceptors (Lipinski definition) is 4. The molecule has 1 atom stereocenters. The second-order valence-electron chi connectivity index (χ2n) is 5.69. The summed E-state index contributed by atoms with van der Waals surface area (Å²) >= 11 is 0. The van der Waals surface area contributed by atoms with E-state index in [0.717, 1.165) is 11.3 Å². The minimum Gasteiger partial charge on any atom is -0.496 e. The number of carbonyl (C=O) groups excluding carboxylic acids is 1. The zero-order chi connectivity index (χ0) is 17.0. The first kappa shape index (κ1) is 17.7. The Balaban J connectivity index is 1.95. The molecule has 2 rings (SSSR count). The summed E-state index contributed by atoms with van der Waals surface area (Å²) in [5.41, 5.74) is 0.908. The molecule has 1 aliphatic rings. The van der Waals surface area contributed by atoms with Gasteiger partial charge in [-0.1, -0.05) is 18.2 Å². The van der Waals surface area contributed by atoms with Gasteiger partial charge in [0, 0.05) is 24.6 Å². The minimum absolute atomic E-state index is 0.0718. The number of rotatable bonds is 5. The second kappa shape index (κ2) is 7.29. The summed E-state index contributed by atoms with van der Waals surface area (Å²) in [6.45, 7) is 2.45. The number of ether oxygens (including phenoxy) is 1. The summed E-state index contributed by atoms with van der Waals surface area (Å²) < 4.78 is 29.1. The molecule has 128 valence electrons. The van der Waals surface area contributed by atoms with Crippen LogP contribution in [0.15, 0.2) is 24.3 Å². The summed E-state index contributed by atoms with van der Waals surface area (Å²) in [7, 11) is -2.07. The highest BCUT2D eigenvalue weighted by molar-refractivity contribution is 7.86. The van der Waals surface area contributed by atoms with Gasteiger partial charge in [-0.05, 0) is 25.8 Å². The molecule has 3 N–H and O–H groups in total. The van der Waals surface area contributed by atoms with Crippen molar-refractivity contribution >= 4 is 16.1 Å². The van der Waals surface area contributed by atoms with Crippen LogP contribution in [0.3, 0.4) is 0 Å². The molecule has 1 saturated heterocycles. The fourth-order valence-electron chi connectivity index (χ4n) is 2.81. The summed E-state index contributed by atoms with van der Waals surface area (Å²) in [5.74, 6) is 0.451. The first-order chi connectivity index (χ1) is 10.8. The van der Waals surface area contributed by atoms with Crippen molar-refractivity contribution in [3.63, 3.8) is 0 Å². The maximum atomic E-state index is 12.4. The molecule has 0 bridgehead atoms. The molecule has 23 heavy (non-hydrogen) atoms. The predicted octanol–water partition coefficient (Wildman–Crippen LogP) is 0.788. The summed E-state index contributed by atoms with van der Waals surface area (Å²) in [6.07, 6.45) is 0.946. The van der Waals surface area contributed by atoms with Crippen molar-refractivity contribution in [1.82, 2.24) is 9.62 Å². The Morgan fingerprint density at radius 1 is 1.35 bits per heavy atom. The molecule has 1 amide bonds. The number of piperidine rings is 1. The van der Waals surface area contributed by atoms with Crippen molar-refractivity contribution in [3.8, 4) is 5.75 Å². The van der Waals surface area contributed by atoms with Gasteiger partial charge < -0.3 is 10.1 Å². The molecule has 0 radical (unpaired) electrons. The van der Waals surface area contributed by atoms with E-state index in [1.54, 1.807) is 7.11 Å². The fourth-order valence-corrected chi connectivity index (χ4v) is 3.53. The predicted molar refractivity (Wildman–Crippen MR) is 87.0 cm³/mol. The van der Waals surface area contributed by atoms with Crippen LogP contribution in [-0.2, 0) is 15.0 Å². The van der Waals surface area contributed by atoms with Crippen LogP contribution in [0.4, 0.5) is 0 Å². The molecule has 0 aliphatic carbocycles. The molecule has 0 aromatic heterocycles. The number of nitrogens with one attached hydrogen (secondary N) is 1. The molecule has 1 aliphatic heterocycles. The van der Waals surface area contributed by atoms with Crippen molar-refractivity contribution in [2.75, 3.05) is 20.2 Å². The smallest absolute Gasteiger partial charge is 0.276 e. The molecular weight excluding hydrogens is 318 g/mol. The maximum absolute atomic E-state index is 12.4. The van der Waals surface area contributed by atoms with E-state index >= 15 is 0 Å². The third kappa shape index (κ3) is 4.43. The topological polar surface area (TPSA) is 102 Å². The zero-order valence-corrected chi connectivity index (χ0v) is 14.2. The van der Waals surface area contributed by atoms with Gasteiger partial charge in [-0.3, -0.25) is 4.79 Å². The van der Waals surface area contributed by atoms with Crippen LogP contribution in [0.1, 0.15) is 31.4 Å². The van der Waals surface area contributed by atoms with Crippen molar-refractivity contribution in [2.45, 2.75) is 25.8 Å². The summed E-state index contributed by atoms with van der Waals surface area (Å²) in [4.78, 5) is 12.4. The Morgan fingerprint density at radius 2 is 1.96 bits per heavy atom. The second-order valence-corrected chi connectivity index (χ2v) is 7.24. The molecule has 1 heterocycles. The van der Waals surface area contributed by atoms with Gasteiger partial charge in [0.25, 0.3) is 10.2 Å². The van der Waals surface area contributed by atoms with Gasteiger partial charge in [-0.15, -0.1) is 0 Å². The number of carbonyl (C=O) groups is 1. The van der Waals surface area contributed by atoms with E-state index in [0.29, 0.717) is 12.8 Å². The van der Waals surface area contributed by atoms with Gasteiger partial charge in [-0.25, -0.2) is 5.14 Å².